The predicted molar refractivity (Wildman–Crippen MR) is 72.1 cm³/mol. The standard InChI is InChI=1S/C13H15N3O2S/c1-19(17,18)11-4-2-10(3-5-11)16-9-15-12-8-14-7-6-13(12)16/h2-5,9,14H,6-8H2,1H3. The quantitative estimate of drug-likeness (QED) is 0.886. The van der Waals surface area contributed by atoms with Crippen molar-refractivity contribution >= 4 is 9.84 Å². The maximum absolute atomic E-state index is 11.4. The number of nitrogens with one attached hydrogen (secondary N) is 1. The molecular formula is C13H15N3O2S. The van der Waals surface area contributed by atoms with Crippen LogP contribution in [0.5, 0.6) is 0 Å². The Hall–Kier alpha value is -1.66. The number of hydrogen-bond acceptors (Lipinski definition) is 4. The molecule has 0 bridgehead atoms. The molecule has 0 unspecified atom stereocenters. The van der Waals surface area contributed by atoms with Gasteiger partial charge in [-0.2, -0.15) is 0 Å². The minimum absolute atomic E-state index is 0.340. The molecule has 2 heterocycles. The zero-order chi connectivity index (χ0) is 13.5. The van der Waals surface area contributed by atoms with E-state index in [0.29, 0.717) is 4.90 Å². The van der Waals surface area contributed by atoms with Gasteiger partial charge in [0.15, 0.2) is 9.84 Å². The van der Waals surface area contributed by atoms with E-state index in [0.717, 1.165) is 30.9 Å². The minimum Gasteiger partial charge on any atom is -0.311 e. The fourth-order valence-electron chi connectivity index (χ4n) is 2.31. The van der Waals surface area contributed by atoms with E-state index in [1.165, 1.54) is 11.9 Å². The van der Waals surface area contributed by atoms with E-state index in [4.69, 9.17) is 0 Å². The summed E-state index contributed by atoms with van der Waals surface area (Å²) in [5.41, 5.74) is 3.22. The van der Waals surface area contributed by atoms with Crippen LogP contribution < -0.4 is 5.32 Å². The minimum atomic E-state index is -3.14. The molecule has 1 N–H and O–H groups in total. The number of nitrogens with zero attached hydrogens (tertiary/aromatic N) is 2. The summed E-state index contributed by atoms with van der Waals surface area (Å²) in [6.45, 7) is 1.74. The molecule has 2 aromatic rings. The summed E-state index contributed by atoms with van der Waals surface area (Å²) in [4.78, 5) is 4.73. The molecule has 3 rings (SSSR count). The van der Waals surface area contributed by atoms with Gasteiger partial charge in [0, 0.05) is 37.1 Å². The van der Waals surface area contributed by atoms with Crippen LogP contribution in [-0.2, 0) is 22.8 Å². The Bertz CT molecular complexity index is 702. The SMILES string of the molecule is CS(=O)(=O)c1ccc(-n2cnc3c2CCNC3)cc1. The second-order valence-corrected chi connectivity index (χ2v) is 6.72. The van der Waals surface area contributed by atoms with Crippen molar-refractivity contribution in [2.75, 3.05) is 12.8 Å². The lowest BCUT2D eigenvalue weighted by atomic mass is 10.2. The molecular weight excluding hydrogens is 262 g/mol. The Morgan fingerprint density at radius 1 is 1.26 bits per heavy atom. The van der Waals surface area contributed by atoms with Crippen molar-refractivity contribution < 1.29 is 8.42 Å². The highest BCUT2D eigenvalue weighted by molar-refractivity contribution is 7.90. The van der Waals surface area contributed by atoms with Crippen LogP contribution in [0.4, 0.5) is 0 Å². The first-order chi connectivity index (χ1) is 9.05. The topological polar surface area (TPSA) is 64.0 Å². The number of aromatic nitrogens is 2. The predicted octanol–water partition coefficient (Wildman–Crippen LogP) is 0.921. The fourth-order valence-corrected chi connectivity index (χ4v) is 2.94. The molecule has 0 radical (unpaired) electrons. The number of imidazole rings is 1. The van der Waals surface area contributed by atoms with E-state index in [1.807, 2.05) is 16.7 Å². The Morgan fingerprint density at radius 3 is 2.68 bits per heavy atom. The van der Waals surface area contributed by atoms with Crippen LogP contribution in [0.25, 0.3) is 5.69 Å². The molecule has 5 nitrogen and oxygen atoms in total. The zero-order valence-corrected chi connectivity index (χ0v) is 11.4. The van der Waals surface area contributed by atoms with Crippen molar-refractivity contribution in [1.82, 2.24) is 14.9 Å². The highest BCUT2D eigenvalue weighted by Gasteiger charge is 2.16. The summed E-state index contributed by atoms with van der Waals surface area (Å²) < 4.78 is 24.9. The van der Waals surface area contributed by atoms with Crippen LogP contribution in [0.15, 0.2) is 35.5 Å². The van der Waals surface area contributed by atoms with Crippen molar-refractivity contribution in [1.29, 1.82) is 0 Å². The average molecular weight is 277 g/mol. The number of benzene rings is 1. The van der Waals surface area contributed by atoms with E-state index in [1.54, 1.807) is 18.5 Å². The third-order valence-electron chi connectivity index (χ3n) is 3.33. The second-order valence-electron chi connectivity index (χ2n) is 4.70. The molecule has 0 atom stereocenters. The van der Waals surface area contributed by atoms with Crippen molar-refractivity contribution in [3.8, 4) is 5.69 Å². The van der Waals surface area contributed by atoms with E-state index in [2.05, 4.69) is 10.3 Å². The van der Waals surface area contributed by atoms with Crippen molar-refractivity contribution in [3.05, 3.63) is 42.0 Å². The summed E-state index contributed by atoms with van der Waals surface area (Å²) >= 11 is 0. The number of fused-ring (bicyclic) bond motifs is 1. The van der Waals surface area contributed by atoms with Gasteiger partial charge < -0.3 is 9.88 Å². The van der Waals surface area contributed by atoms with Gasteiger partial charge in [0.1, 0.15) is 0 Å². The van der Waals surface area contributed by atoms with E-state index in [-0.39, 0.29) is 0 Å². The van der Waals surface area contributed by atoms with Crippen LogP contribution in [-0.4, -0.2) is 30.8 Å². The Labute approximate surface area is 112 Å². The first kappa shape index (κ1) is 12.4. The van der Waals surface area contributed by atoms with Crippen LogP contribution in [0.1, 0.15) is 11.4 Å². The summed E-state index contributed by atoms with van der Waals surface area (Å²) in [5, 5.41) is 3.28. The highest BCUT2D eigenvalue weighted by Crippen LogP contribution is 2.19. The summed E-state index contributed by atoms with van der Waals surface area (Å²) in [6.07, 6.45) is 3.95. The Morgan fingerprint density at radius 2 is 2.00 bits per heavy atom. The van der Waals surface area contributed by atoms with Gasteiger partial charge in [-0.15, -0.1) is 0 Å². The van der Waals surface area contributed by atoms with Crippen LogP contribution in [0, 0.1) is 0 Å². The van der Waals surface area contributed by atoms with Crippen LogP contribution in [0.2, 0.25) is 0 Å². The maximum atomic E-state index is 11.4. The molecule has 1 aromatic carbocycles. The monoisotopic (exact) mass is 277 g/mol. The number of rotatable bonds is 2. The van der Waals surface area contributed by atoms with E-state index in [9.17, 15) is 8.42 Å². The molecule has 0 spiro atoms. The van der Waals surface area contributed by atoms with Crippen molar-refractivity contribution in [3.63, 3.8) is 0 Å². The highest BCUT2D eigenvalue weighted by atomic mass is 32.2. The molecule has 0 aliphatic carbocycles. The normalized spacial score (nSPS) is 15.2. The van der Waals surface area contributed by atoms with Gasteiger partial charge in [0.05, 0.1) is 16.9 Å². The molecule has 0 saturated heterocycles. The molecule has 1 aliphatic rings. The third-order valence-corrected chi connectivity index (χ3v) is 4.46. The maximum Gasteiger partial charge on any atom is 0.175 e. The molecule has 0 saturated carbocycles. The van der Waals surface area contributed by atoms with Crippen LogP contribution >= 0.6 is 0 Å². The first-order valence-corrected chi connectivity index (χ1v) is 8.01. The average Bonchev–Trinajstić information content (AvgIpc) is 2.82. The molecule has 100 valence electrons. The van der Waals surface area contributed by atoms with Gasteiger partial charge in [-0.25, -0.2) is 13.4 Å². The number of sulfone groups is 1. The fraction of sp³-hybridized carbons (Fsp3) is 0.308. The lowest BCUT2D eigenvalue weighted by Gasteiger charge is -2.15. The Balaban J connectivity index is 2.01. The van der Waals surface area contributed by atoms with Gasteiger partial charge in [-0.3, -0.25) is 0 Å². The van der Waals surface area contributed by atoms with Gasteiger partial charge in [0.2, 0.25) is 0 Å². The largest absolute Gasteiger partial charge is 0.311 e. The molecule has 19 heavy (non-hydrogen) atoms. The molecule has 0 fully saturated rings. The lowest BCUT2D eigenvalue weighted by Crippen LogP contribution is -2.24. The third kappa shape index (κ3) is 2.29. The van der Waals surface area contributed by atoms with Gasteiger partial charge in [-0.05, 0) is 24.3 Å². The number of hydrogen-bond donors (Lipinski definition) is 1. The summed E-state index contributed by atoms with van der Waals surface area (Å²) in [7, 11) is -3.14. The van der Waals surface area contributed by atoms with Crippen molar-refractivity contribution in [2.45, 2.75) is 17.9 Å². The smallest absolute Gasteiger partial charge is 0.175 e. The van der Waals surface area contributed by atoms with Gasteiger partial charge in [-0.1, -0.05) is 0 Å². The van der Waals surface area contributed by atoms with Gasteiger partial charge in [0.25, 0.3) is 0 Å². The summed E-state index contributed by atoms with van der Waals surface area (Å²) in [5.74, 6) is 0. The van der Waals surface area contributed by atoms with Gasteiger partial charge >= 0.3 is 0 Å². The summed E-state index contributed by atoms with van der Waals surface area (Å²) in [6, 6.07) is 6.91. The van der Waals surface area contributed by atoms with Crippen LogP contribution in [0.3, 0.4) is 0 Å². The second kappa shape index (κ2) is 4.47. The molecule has 1 aliphatic heterocycles. The van der Waals surface area contributed by atoms with Crippen molar-refractivity contribution in [2.24, 2.45) is 0 Å². The Kier molecular flexibility index (Phi) is 2.91. The van der Waals surface area contributed by atoms with E-state index < -0.39 is 9.84 Å². The molecule has 0 amide bonds. The molecule has 6 heteroatoms. The zero-order valence-electron chi connectivity index (χ0n) is 10.6. The van der Waals surface area contributed by atoms with E-state index >= 15 is 0 Å². The first-order valence-electron chi connectivity index (χ1n) is 6.12. The lowest BCUT2D eigenvalue weighted by molar-refractivity contribution is 0.602. The molecule has 1 aromatic heterocycles.